The third kappa shape index (κ3) is 5.29. The summed E-state index contributed by atoms with van der Waals surface area (Å²) in [5.74, 6) is -2.71. The van der Waals surface area contributed by atoms with Crippen LogP contribution in [0.5, 0.6) is 0 Å². The number of hydrogen-bond acceptors (Lipinski definition) is 7. The molecule has 1 unspecified atom stereocenters. The zero-order valence-electron chi connectivity index (χ0n) is 12.1. The number of rotatable bonds is 8. The number of ketones is 1. The summed E-state index contributed by atoms with van der Waals surface area (Å²) in [5.41, 5.74) is 0.0689. The Labute approximate surface area is 122 Å². The topological polar surface area (TPSA) is 95.5 Å². The lowest BCUT2D eigenvalue weighted by Gasteiger charge is -2.13. The quantitative estimate of drug-likeness (QED) is 0.403. The monoisotopic (exact) mass is 294 g/mol. The molecule has 0 amide bonds. The molecule has 0 aliphatic carbocycles. The van der Waals surface area contributed by atoms with E-state index in [0.717, 1.165) is 0 Å². The molecule has 114 valence electrons. The van der Waals surface area contributed by atoms with E-state index in [-0.39, 0.29) is 31.7 Å². The number of nitrogens with zero attached hydrogens (tertiary/aromatic N) is 2. The first kappa shape index (κ1) is 16.7. The van der Waals surface area contributed by atoms with Crippen molar-refractivity contribution in [3.8, 4) is 0 Å². The zero-order valence-corrected chi connectivity index (χ0v) is 12.1. The van der Waals surface area contributed by atoms with E-state index in [9.17, 15) is 14.4 Å². The van der Waals surface area contributed by atoms with Gasteiger partial charge < -0.3 is 9.47 Å². The summed E-state index contributed by atoms with van der Waals surface area (Å²) in [6, 6.07) is 0. The Bertz CT molecular complexity index is 489. The molecule has 1 aromatic heterocycles. The van der Waals surface area contributed by atoms with Gasteiger partial charge in [0.2, 0.25) is 0 Å². The van der Waals surface area contributed by atoms with Crippen molar-refractivity contribution < 1.29 is 23.9 Å². The number of hydrogen-bond donors (Lipinski definition) is 0. The van der Waals surface area contributed by atoms with Crippen molar-refractivity contribution in [1.82, 2.24) is 9.97 Å². The van der Waals surface area contributed by atoms with Gasteiger partial charge in [0.25, 0.3) is 0 Å². The van der Waals surface area contributed by atoms with Crippen molar-refractivity contribution >= 4 is 17.7 Å². The minimum absolute atomic E-state index is 0.0209. The molecule has 0 saturated carbocycles. The van der Waals surface area contributed by atoms with E-state index in [1.807, 2.05) is 0 Å². The van der Waals surface area contributed by atoms with E-state index in [0.29, 0.717) is 0 Å². The maximum absolute atomic E-state index is 12.3. The predicted octanol–water partition coefficient (Wildman–Crippen LogP) is 1.18. The van der Waals surface area contributed by atoms with Crippen LogP contribution in [0.25, 0.3) is 0 Å². The molecular weight excluding hydrogens is 276 g/mol. The summed E-state index contributed by atoms with van der Waals surface area (Å²) in [6.07, 6.45) is 4.05. The standard InChI is InChI=1S/C14H18N2O5/c1-3-20-12(17)6-5-10(14(19)21-4-2)13(18)11-9-15-7-8-16-11/h7-10H,3-6H2,1-2H3. The molecule has 0 N–H and O–H groups in total. The van der Waals surface area contributed by atoms with Crippen LogP contribution in [0, 0.1) is 5.92 Å². The van der Waals surface area contributed by atoms with Gasteiger partial charge >= 0.3 is 11.9 Å². The molecule has 0 saturated heterocycles. The summed E-state index contributed by atoms with van der Waals surface area (Å²) in [6.45, 7) is 3.74. The van der Waals surface area contributed by atoms with Crippen LogP contribution in [-0.2, 0) is 19.1 Å². The summed E-state index contributed by atoms with van der Waals surface area (Å²) in [7, 11) is 0. The second kappa shape index (κ2) is 8.78. The van der Waals surface area contributed by atoms with Gasteiger partial charge in [0.1, 0.15) is 11.6 Å². The number of Topliss-reactive ketones (excluding diaryl/α,β-unsaturated/α-hetero) is 1. The Morgan fingerprint density at radius 2 is 1.86 bits per heavy atom. The molecule has 7 heteroatoms. The van der Waals surface area contributed by atoms with Gasteiger partial charge in [-0.05, 0) is 20.3 Å². The van der Waals surface area contributed by atoms with Gasteiger partial charge in [-0.1, -0.05) is 0 Å². The number of aromatic nitrogens is 2. The lowest BCUT2D eigenvalue weighted by Crippen LogP contribution is -2.28. The van der Waals surface area contributed by atoms with Crippen LogP contribution < -0.4 is 0 Å². The molecule has 0 aliphatic rings. The van der Waals surface area contributed by atoms with Gasteiger partial charge in [-0.25, -0.2) is 4.98 Å². The minimum Gasteiger partial charge on any atom is -0.466 e. The largest absolute Gasteiger partial charge is 0.466 e. The third-order valence-corrected chi connectivity index (χ3v) is 2.65. The number of carbonyl (C=O) groups is 3. The van der Waals surface area contributed by atoms with Crippen LogP contribution >= 0.6 is 0 Å². The Balaban J connectivity index is 2.79. The Hall–Kier alpha value is -2.31. The van der Waals surface area contributed by atoms with E-state index in [1.54, 1.807) is 13.8 Å². The third-order valence-electron chi connectivity index (χ3n) is 2.65. The molecule has 0 fully saturated rings. The molecule has 0 spiro atoms. The molecule has 1 aromatic rings. The highest BCUT2D eigenvalue weighted by Crippen LogP contribution is 2.15. The average Bonchev–Trinajstić information content (AvgIpc) is 2.48. The Morgan fingerprint density at radius 3 is 2.43 bits per heavy atom. The van der Waals surface area contributed by atoms with Gasteiger partial charge in [-0.3, -0.25) is 19.4 Å². The van der Waals surface area contributed by atoms with Crippen LogP contribution in [0.1, 0.15) is 37.2 Å². The lowest BCUT2D eigenvalue weighted by atomic mass is 9.96. The highest BCUT2D eigenvalue weighted by Gasteiger charge is 2.30. The molecule has 21 heavy (non-hydrogen) atoms. The Kier molecular flexibility index (Phi) is 7.00. The molecule has 1 atom stereocenters. The normalized spacial score (nSPS) is 11.5. The van der Waals surface area contributed by atoms with E-state index < -0.39 is 23.6 Å². The summed E-state index contributed by atoms with van der Waals surface area (Å²) >= 11 is 0. The molecule has 1 rings (SSSR count). The van der Waals surface area contributed by atoms with Gasteiger partial charge in [-0.2, -0.15) is 0 Å². The maximum atomic E-state index is 12.3. The van der Waals surface area contributed by atoms with Crippen molar-refractivity contribution in [2.75, 3.05) is 13.2 Å². The predicted molar refractivity (Wildman–Crippen MR) is 72.4 cm³/mol. The van der Waals surface area contributed by atoms with Crippen molar-refractivity contribution in [2.24, 2.45) is 5.92 Å². The van der Waals surface area contributed by atoms with Crippen LogP contribution in [0.2, 0.25) is 0 Å². The molecule has 0 aromatic carbocycles. The van der Waals surface area contributed by atoms with Crippen LogP contribution in [0.4, 0.5) is 0 Å². The molecule has 0 bridgehead atoms. The molecule has 1 heterocycles. The van der Waals surface area contributed by atoms with Crippen molar-refractivity contribution in [3.63, 3.8) is 0 Å². The summed E-state index contributed by atoms with van der Waals surface area (Å²) in [5, 5.41) is 0. The SMILES string of the molecule is CCOC(=O)CCC(C(=O)OCC)C(=O)c1cnccn1. The molecule has 0 radical (unpaired) electrons. The highest BCUT2D eigenvalue weighted by molar-refractivity contribution is 6.07. The molecule has 7 nitrogen and oxygen atoms in total. The number of esters is 2. The number of carbonyl (C=O) groups excluding carboxylic acids is 3. The fraction of sp³-hybridized carbons (Fsp3) is 0.500. The maximum Gasteiger partial charge on any atom is 0.316 e. The summed E-state index contributed by atoms with van der Waals surface area (Å²) < 4.78 is 9.67. The second-order valence-electron chi connectivity index (χ2n) is 4.10. The van der Waals surface area contributed by atoms with Gasteiger partial charge in [0.15, 0.2) is 5.78 Å². The van der Waals surface area contributed by atoms with E-state index in [2.05, 4.69) is 9.97 Å². The first-order valence-electron chi connectivity index (χ1n) is 6.72. The van der Waals surface area contributed by atoms with E-state index in [4.69, 9.17) is 9.47 Å². The first-order chi connectivity index (χ1) is 10.1. The van der Waals surface area contributed by atoms with Gasteiger partial charge in [-0.15, -0.1) is 0 Å². The average molecular weight is 294 g/mol. The number of ether oxygens (including phenoxy) is 2. The summed E-state index contributed by atoms with van der Waals surface area (Å²) in [4.78, 5) is 43.2. The molecule has 0 aliphatic heterocycles. The van der Waals surface area contributed by atoms with Crippen molar-refractivity contribution in [1.29, 1.82) is 0 Å². The van der Waals surface area contributed by atoms with E-state index >= 15 is 0 Å². The Morgan fingerprint density at radius 1 is 1.14 bits per heavy atom. The smallest absolute Gasteiger partial charge is 0.316 e. The zero-order chi connectivity index (χ0) is 15.7. The second-order valence-corrected chi connectivity index (χ2v) is 4.10. The van der Waals surface area contributed by atoms with Crippen molar-refractivity contribution in [2.45, 2.75) is 26.7 Å². The fourth-order valence-electron chi connectivity index (χ4n) is 1.70. The lowest BCUT2D eigenvalue weighted by molar-refractivity contribution is -0.147. The van der Waals surface area contributed by atoms with Gasteiger partial charge in [0.05, 0.1) is 19.4 Å². The van der Waals surface area contributed by atoms with Crippen LogP contribution in [0.3, 0.4) is 0 Å². The first-order valence-corrected chi connectivity index (χ1v) is 6.72. The molecular formula is C14H18N2O5. The van der Waals surface area contributed by atoms with Crippen LogP contribution in [-0.4, -0.2) is 40.9 Å². The van der Waals surface area contributed by atoms with E-state index in [1.165, 1.54) is 18.6 Å². The van der Waals surface area contributed by atoms with Gasteiger partial charge in [0, 0.05) is 18.8 Å². The van der Waals surface area contributed by atoms with Crippen molar-refractivity contribution in [3.05, 3.63) is 24.3 Å². The fourth-order valence-corrected chi connectivity index (χ4v) is 1.70. The van der Waals surface area contributed by atoms with Crippen LogP contribution in [0.15, 0.2) is 18.6 Å². The highest BCUT2D eigenvalue weighted by atomic mass is 16.5. The minimum atomic E-state index is -1.08.